The lowest BCUT2D eigenvalue weighted by molar-refractivity contribution is -0.235. The number of imidazole rings is 3. The van der Waals surface area contributed by atoms with E-state index in [1.165, 1.54) is 32.7 Å². The van der Waals surface area contributed by atoms with E-state index in [2.05, 4.69) is 49.4 Å². The van der Waals surface area contributed by atoms with Crippen molar-refractivity contribution in [2.75, 3.05) is 37.0 Å². The predicted molar refractivity (Wildman–Crippen MR) is 205 cm³/mol. The fraction of sp³-hybridized carbons (Fsp3) is 0.500. The molecule has 13 atom stereocenters. The van der Waals surface area contributed by atoms with E-state index >= 15 is 0 Å². The van der Waals surface area contributed by atoms with Gasteiger partial charge in [-0.1, -0.05) is 0 Å². The Morgan fingerprint density at radius 2 is 0.985 bits per heavy atom. The number of hydrogen-bond donors (Lipinski definition) is 6. The molecule has 0 amide bonds. The monoisotopic (exact) mass is 970 g/mol. The maximum Gasteiger partial charge on any atom is 0.268 e. The highest BCUT2D eigenvalue weighted by Crippen LogP contribution is 2.50. The van der Waals surface area contributed by atoms with Gasteiger partial charge in [0.1, 0.15) is 66.1 Å². The van der Waals surface area contributed by atoms with E-state index in [0.717, 1.165) is 19.0 Å². The highest BCUT2D eigenvalue weighted by molar-refractivity contribution is 7.46. The minimum atomic E-state index is -5.38. The summed E-state index contributed by atoms with van der Waals surface area (Å²) in [5, 5.41) is 21.6. The molecule has 6 aromatic heterocycles. The standard InChI is InChI=1S/C30H38N15O17P3/c31-22-17-25(37-6-34-22)43(9-40-17)28-14(1-12(58-28)3-55-63(48,49)50)61-64(51,52)56-4-13-2-15(29(59-13)44-10-41-18-23(32)35-7-38-26(18)44)62-65(53,54)57-5-16-20(46)21(47)30(60-16)45-11-42-19-24(33)36-8-39-27(19)45/h6-16,20-21,28-30,46-47H,1-5H2,(H,51,52)(H,53,54)(H2,31,34,37)(H2,32,35,38)(H2,33,36,39)(H2,48,49,50)/p-3/t12-,13-,14+,15+,16+,20+,21+,28+,29+,30+/m0/s1. The van der Waals surface area contributed by atoms with Crippen LogP contribution in [0.1, 0.15) is 31.5 Å². The molecule has 3 saturated heterocycles. The van der Waals surface area contributed by atoms with Crippen LogP contribution < -0.4 is 31.9 Å². The van der Waals surface area contributed by atoms with Gasteiger partial charge in [0.2, 0.25) is 0 Å². The van der Waals surface area contributed by atoms with Gasteiger partial charge in [-0.2, -0.15) is 0 Å². The summed E-state index contributed by atoms with van der Waals surface area (Å²) in [5.74, 6) is 0.00850. The third kappa shape index (κ3) is 9.31. The maximum absolute atomic E-state index is 13.4. The van der Waals surface area contributed by atoms with Crippen molar-refractivity contribution in [3.05, 3.63) is 38.0 Å². The SMILES string of the molecule is Nc1ncnc2c1ncn2[C@@H]1O[C@H](COP(=O)([O-])O[C@@H]2C[C@@H](COP(=O)([O-])O[C@@H]3C[C@@H](COP(=O)([O-])O)O[C@H]3n3cnc4c(N)ncnc43)O[C@H]2n2cnc3c(N)ncnc32)[C@@H](O)[C@H]1O. The number of ether oxygens (including phenoxy) is 3. The van der Waals surface area contributed by atoms with Crippen molar-refractivity contribution in [2.45, 2.75) is 74.3 Å². The number of aliphatic hydroxyl groups excluding tert-OH is 2. The summed E-state index contributed by atoms with van der Waals surface area (Å²) < 4.78 is 85.4. The molecule has 0 aliphatic carbocycles. The Balaban J connectivity index is 0.891. The molecule has 3 aliphatic heterocycles. The molecular weight excluding hydrogens is 935 g/mol. The third-order valence-corrected chi connectivity index (χ3v) is 12.8. The second kappa shape index (κ2) is 17.4. The van der Waals surface area contributed by atoms with Gasteiger partial charge in [-0.15, -0.1) is 0 Å². The highest BCUT2D eigenvalue weighted by Gasteiger charge is 2.47. The number of hydrogen-bond acceptors (Lipinski definition) is 28. The van der Waals surface area contributed by atoms with Gasteiger partial charge in [0.15, 0.2) is 53.1 Å². The number of phosphoric ester groups is 3. The zero-order chi connectivity index (χ0) is 46.0. The van der Waals surface area contributed by atoms with Gasteiger partial charge in [0.25, 0.3) is 23.5 Å². The number of nitrogens with two attached hydrogens (primary N) is 3. The van der Waals surface area contributed by atoms with Crippen LogP contribution in [0.5, 0.6) is 0 Å². The van der Waals surface area contributed by atoms with Crippen molar-refractivity contribution >= 4 is 74.4 Å². The van der Waals surface area contributed by atoms with E-state index in [9.17, 15) is 38.6 Å². The number of rotatable bonds is 16. The molecule has 0 spiro atoms. The van der Waals surface area contributed by atoms with Crippen molar-refractivity contribution in [3.8, 4) is 0 Å². The van der Waals surface area contributed by atoms with Gasteiger partial charge in [-0.25, -0.2) is 44.9 Å². The van der Waals surface area contributed by atoms with E-state index in [4.69, 9.17) is 54.4 Å². The largest absolute Gasteiger partial charge is 0.756 e. The average Bonchev–Trinajstić information content (AvgIpc) is 4.11. The van der Waals surface area contributed by atoms with Crippen LogP contribution in [0, 0.1) is 0 Å². The molecule has 3 aliphatic rings. The van der Waals surface area contributed by atoms with E-state index in [1.54, 1.807) is 0 Å². The van der Waals surface area contributed by atoms with Crippen LogP contribution in [-0.2, 0) is 50.5 Å². The summed E-state index contributed by atoms with van der Waals surface area (Å²) in [6, 6.07) is 0. The summed E-state index contributed by atoms with van der Waals surface area (Å²) in [4.78, 5) is 83.7. The van der Waals surface area contributed by atoms with Crippen LogP contribution in [0.3, 0.4) is 0 Å². The first-order chi connectivity index (χ1) is 30.8. The molecule has 9 heterocycles. The topological polar surface area (TPSA) is 464 Å². The summed E-state index contributed by atoms with van der Waals surface area (Å²) in [6.07, 6.45) is -7.66. The zero-order valence-electron chi connectivity index (χ0n) is 32.8. The number of phosphoric acid groups is 3. The summed E-state index contributed by atoms with van der Waals surface area (Å²) in [7, 11) is -16.0. The van der Waals surface area contributed by atoms with Crippen molar-refractivity contribution in [3.63, 3.8) is 0 Å². The van der Waals surface area contributed by atoms with Gasteiger partial charge in [-0.3, -0.25) is 27.4 Å². The van der Waals surface area contributed by atoms with Crippen LogP contribution in [-0.4, -0.2) is 136 Å². The third-order valence-electron chi connectivity index (χ3n) is 10.4. The molecule has 32 nitrogen and oxygen atoms in total. The van der Waals surface area contributed by atoms with Crippen molar-refractivity contribution in [1.29, 1.82) is 0 Å². The normalized spacial score (nSPS) is 30.0. The van der Waals surface area contributed by atoms with Crippen molar-refractivity contribution < 1.29 is 80.3 Å². The number of anilines is 3. The molecule has 35 heteroatoms. The molecule has 0 bridgehead atoms. The molecule has 350 valence electrons. The van der Waals surface area contributed by atoms with Crippen LogP contribution in [0.4, 0.5) is 17.5 Å². The Morgan fingerprint density at radius 1 is 0.585 bits per heavy atom. The first-order valence-corrected chi connectivity index (χ1v) is 23.3. The number of fused-ring (bicyclic) bond motifs is 3. The number of aliphatic hydroxyl groups is 2. The number of aromatic nitrogens is 12. The Kier molecular flexibility index (Phi) is 12.2. The average molecular weight is 971 g/mol. The van der Waals surface area contributed by atoms with Gasteiger partial charge in [0.05, 0.1) is 51.0 Å². The Bertz CT molecular complexity index is 2870. The molecule has 6 aromatic rings. The van der Waals surface area contributed by atoms with Gasteiger partial charge < -0.3 is 83.8 Å². The lowest BCUT2D eigenvalue weighted by Crippen LogP contribution is -2.34. The Labute approximate surface area is 362 Å². The smallest absolute Gasteiger partial charge is 0.268 e. The molecule has 0 saturated carbocycles. The zero-order valence-corrected chi connectivity index (χ0v) is 35.5. The predicted octanol–water partition coefficient (Wildman–Crippen LogP) is -3.34. The lowest BCUT2D eigenvalue weighted by Gasteiger charge is -2.29. The Hall–Kier alpha value is -4.82. The molecular formula is C30H35N15O17P3-3. The lowest BCUT2D eigenvalue weighted by atomic mass is 10.1. The summed E-state index contributed by atoms with van der Waals surface area (Å²) in [5.41, 5.74) is 18.5. The quantitative estimate of drug-likeness (QED) is 0.0516. The fourth-order valence-corrected chi connectivity index (χ4v) is 9.70. The van der Waals surface area contributed by atoms with Gasteiger partial charge in [0, 0.05) is 12.8 Å². The highest BCUT2D eigenvalue weighted by atomic mass is 31.2. The second-order valence-electron chi connectivity index (χ2n) is 14.6. The molecule has 9 N–H and O–H groups in total. The molecule has 0 aromatic carbocycles. The first-order valence-electron chi connectivity index (χ1n) is 18.9. The van der Waals surface area contributed by atoms with Crippen LogP contribution in [0.2, 0.25) is 0 Å². The van der Waals surface area contributed by atoms with Crippen LogP contribution >= 0.6 is 23.5 Å². The van der Waals surface area contributed by atoms with E-state index in [-0.39, 0.29) is 63.8 Å². The van der Waals surface area contributed by atoms with Gasteiger partial charge >= 0.3 is 0 Å². The minimum Gasteiger partial charge on any atom is -0.756 e. The van der Waals surface area contributed by atoms with Crippen molar-refractivity contribution in [2.24, 2.45) is 0 Å². The summed E-state index contributed by atoms with van der Waals surface area (Å²) in [6.45, 7) is -2.35. The molecule has 9 rings (SSSR count). The van der Waals surface area contributed by atoms with Crippen LogP contribution in [0.25, 0.3) is 33.5 Å². The van der Waals surface area contributed by atoms with Crippen molar-refractivity contribution in [1.82, 2.24) is 58.6 Å². The Morgan fingerprint density at radius 3 is 1.42 bits per heavy atom. The molecule has 3 unspecified atom stereocenters. The molecule has 3 fully saturated rings. The van der Waals surface area contributed by atoms with E-state index in [1.807, 2.05) is 0 Å². The number of nitrogens with zero attached hydrogens (tertiary/aromatic N) is 12. The van der Waals surface area contributed by atoms with E-state index < -0.39 is 105 Å². The number of nitrogen functional groups attached to an aromatic ring is 3. The second-order valence-corrected chi connectivity index (χ2v) is 18.5. The van der Waals surface area contributed by atoms with Crippen LogP contribution in [0.15, 0.2) is 38.0 Å². The fourth-order valence-electron chi connectivity index (χ4n) is 7.50. The molecule has 0 radical (unpaired) electrons. The minimum absolute atomic E-state index is 0.0101. The maximum atomic E-state index is 13.4. The van der Waals surface area contributed by atoms with Gasteiger partial charge in [-0.05, 0) is 0 Å². The molecule has 65 heavy (non-hydrogen) atoms. The first kappa shape index (κ1) is 45.3. The summed E-state index contributed by atoms with van der Waals surface area (Å²) >= 11 is 0. The van der Waals surface area contributed by atoms with E-state index in [0.29, 0.717) is 0 Å².